The third-order valence-corrected chi connectivity index (χ3v) is 8.96. The molecule has 1 aromatic carbocycles. The zero-order valence-corrected chi connectivity index (χ0v) is 16.0. The van der Waals surface area contributed by atoms with E-state index in [4.69, 9.17) is 4.43 Å². The smallest absolute Gasteiger partial charge is 0.442 e. The van der Waals surface area contributed by atoms with Gasteiger partial charge in [0.15, 0.2) is 0 Å². The normalized spacial score (nSPS) is 16.5. The summed E-state index contributed by atoms with van der Waals surface area (Å²) in [5, 5.41) is 6.22. The van der Waals surface area contributed by atoms with Crippen LogP contribution in [0.2, 0.25) is 18.1 Å². The Kier molecular flexibility index (Phi) is 4.52. The highest BCUT2D eigenvalue weighted by molar-refractivity contribution is 6.74. The number of rotatable bonds is 4. The van der Waals surface area contributed by atoms with Crippen molar-refractivity contribution in [2.45, 2.75) is 50.7 Å². The number of methoxy groups -OCH3 is 1. The van der Waals surface area contributed by atoms with Gasteiger partial charge in [0.1, 0.15) is 5.75 Å². The van der Waals surface area contributed by atoms with Crippen molar-refractivity contribution in [3.8, 4) is 5.75 Å². The van der Waals surface area contributed by atoms with Gasteiger partial charge in [-0.3, -0.25) is 0 Å². The Labute approximate surface area is 145 Å². The Morgan fingerprint density at radius 3 is 2.08 bits per heavy atom. The fraction of sp³-hybridized carbons (Fsp3) is 0.562. The molecule has 1 heterocycles. The summed E-state index contributed by atoms with van der Waals surface area (Å²) in [7, 11) is -1.15. The molecule has 0 saturated carbocycles. The van der Waals surface area contributed by atoms with Crippen molar-refractivity contribution < 1.29 is 27.1 Å². The molecule has 1 aliphatic rings. The summed E-state index contributed by atoms with van der Waals surface area (Å²) in [4.78, 5) is 11.9. The molecular weight excluding hydrogens is 353 g/mol. The van der Waals surface area contributed by atoms with E-state index in [1.165, 1.54) is 12.1 Å². The van der Waals surface area contributed by atoms with E-state index in [0.717, 1.165) is 13.2 Å². The summed E-state index contributed by atoms with van der Waals surface area (Å²) in [6.07, 6.45) is -4.68. The number of carbonyl (C=O) groups excluding carboxylic acids is 1. The van der Waals surface area contributed by atoms with Crippen LogP contribution in [-0.2, 0) is 10.4 Å². The average Bonchev–Trinajstić information content (AvgIpc) is 3.25. The van der Waals surface area contributed by atoms with Gasteiger partial charge in [-0.1, -0.05) is 20.8 Å². The number of halogens is 3. The van der Waals surface area contributed by atoms with E-state index in [1.807, 2.05) is 33.9 Å². The van der Waals surface area contributed by atoms with Gasteiger partial charge in [0.25, 0.3) is 0 Å². The largest absolute Gasteiger partial charge is 0.543 e. The fourth-order valence-corrected chi connectivity index (χ4v) is 3.00. The van der Waals surface area contributed by atoms with Crippen LogP contribution in [0.3, 0.4) is 0 Å². The zero-order chi connectivity index (χ0) is 19.3. The molecule has 25 heavy (non-hydrogen) atoms. The molecule has 0 aliphatic carbocycles. The number of benzene rings is 1. The van der Waals surface area contributed by atoms with E-state index < -0.39 is 26.1 Å². The minimum atomic E-state index is -4.68. The van der Waals surface area contributed by atoms with Gasteiger partial charge in [0.2, 0.25) is 8.32 Å². The van der Waals surface area contributed by atoms with E-state index in [2.05, 4.69) is 15.0 Å². The van der Waals surface area contributed by atoms with Crippen molar-refractivity contribution in [3.63, 3.8) is 0 Å². The van der Waals surface area contributed by atoms with Gasteiger partial charge in [0, 0.05) is 5.56 Å². The van der Waals surface area contributed by atoms with Crippen molar-refractivity contribution in [1.82, 2.24) is 0 Å². The number of ether oxygens (including phenoxy) is 1. The molecule has 0 bridgehead atoms. The van der Waals surface area contributed by atoms with E-state index >= 15 is 0 Å². The molecule has 1 aromatic rings. The van der Waals surface area contributed by atoms with Crippen LogP contribution in [0.25, 0.3) is 0 Å². The molecule has 0 spiro atoms. The molecule has 0 atom stereocenters. The Balaban J connectivity index is 2.52. The molecular formula is C16H21F3N2O3Si. The first-order valence-electron chi connectivity index (χ1n) is 7.67. The quantitative estimate of drug-likeness (QED) is 0.548. The first kappa shape index (κ1) is 19.4. The Hall–Kier alpha value is -1.90. The van der Waals surface area contributed by atoms with Crippen molar-refractivity contribution in [2.24, 2.45) is 10.2 Å². The molecule has 5 nitrogen and oxygen atoms in total. The van der Waals surface area contributed by atoms with Crippen LogP contribution in [0.5, 0.6) is 5.75 Å². The minimum absolute atomic E-state index is 0.0327. The van der Waals surface area contributed by atoms with Crippen molar-refractivity contribution in [3.05, 3.63) is 29.3 Å². The SMILES string of the molecule is COC(=O)c1cc(O[Si](C)(C)C(C)(C)C)cc(C2(C(F)(F)F)N=N2)c1. The minimum Gasteiger partial charge on any atom is -0.543 e. The van der Waals surface area contributed by atoms with Crippen molar-refractivity contribution in [1.29, 1.82) is 0 Å². The first-order chi connectivity index (χ1) is 11.2. The molecule has 9 heteroatoms. The van der Waals surface area contributed by atoms with Gasteiger partial charge in [-0.2, -0.15) is 13.2 Å². The van der Waals surface area contributed by atoms with Crippen molar-refractivity contribution >= 4 is 14.3 Å². The van der Waals surface area contributed by atoms with Crippen LogP contribution in [0, 0.1) is 0 Å². The van der Waals surface area contributed by atoms with Gasteiger partial charge in [-0.05, 0) is 36.3 Å². The van der Waals surface area contributed by atoms with Crippen LogP contribution >= 0.6 is 0 Å². The Morgan fingerprint density at radius 1 is 1.12 bits per heavy atom. The average molecular weight is 374 g/mol. The zero-order valence-electron chi connectivity index (χ0n) is 15.0. The lowest BCUT2D eigenvalue weighted by atomic mass is 10.00. The van der Waals surface area contributed by atoms with Crippen LogP contribution in [0.1, 0.15) is 36.7 Å². The molecule has 138 valence electrons. The number of hydrogen-bond acceptors (Lipinski definition) is 5. The maximum atomic E-state index is 13.3. The summed E-state index contributed by atoms with van der Waals surface area (Å²) in [5.41, 5.74) is -2.91. The van der Waals surface area contributed by atoms with E-state index in [-0.39, 0.29) is 21.9 Å². The lowest BCUT2D eigenvalue weighted by Crippen LogP contribution is -2.44. The van der Waals surface area contributed by atoms with Crippen LogP contribution < -0.4 is 4.43 Å². The van der Waals surface area contributed by atoms with E-state index in [1.54, 1.807) is 0 Å². The molecule has 0 saturated heterocycles. The molecule has 0 amide bonds. The molecule has 0 fully saturated rings. The lowest BCUT2D eigenvalue weighted by Gasteiger charge is -2.36. The summed E-state index contributed by atoms with van der Waals surface area (Å²) in [6, 6.07) is 3.74. The maximum Gasteiger partial charge on any atom is 0.442 e. The lowest BCUT2D eigenvalue weighted by molar-refractivity contribution is -0.166. The molecule has 0 aromatic heterocycles. The third-order valence-electron chi connectivity index (χ3n) is 4.60. The molecule has 0 unspecified atom stereocenters. The molecule has 2 rings (SSSR count). The summed E-state index contributed by atoms with van der Waals surface area (Å²) in [6.45, 7) is 9.94. The van der Waals surface area contributed by atoms with Crippen LogP contribution in [0.4, 0.5) is 13.2 Å². The fourth-order valence-electron chi connectivity index (χ4n) is 1.99. The number of nitrogens with zero attached hydrogens (tertiary/aromatic N) is 2. The Morgan fingerprint density at radius 2 is 1.68 bits per heavy atom. The molecule has 0 radical (unpaired) electrons. The monoisotopic (exact) mass is 374 g/mol. The molecule has 0 N–H and O–H groups in total. The van der Waals surface area contributed by atoms with Gasteiger partial charge in [-0.15, -0.1) is 10.2 Å². The standard InChI is InChI=1S/C16H21F3N2O3Si/c1-14(2,3)25(5,6)24-12-8-10(13(22)23-4)7-11(9-12)15(20-21-15)16(17,18)19/h7-9H,1-6H3. The number of carbonyl (C=O) groups is 1. The third kappa shape index (κ3) is 3.56. The van der Waals surface area contributed by atoms with E-state index in [0.29, 0.717) is 0 Å². The van der Waals surface area contributed by atoms with Gasteiger partial charge < -0.3 is 9.16 Å². The highest BCUT2D eigenvalue weighted by atomic mass is 28.4. The second-order valence-electron chi connectivity index (χ2n) is 7.47. The second-order valence-corrected chi connectivity index (χ2v) is 12.2. The summed E-state index contributed by atoms with van der Waals surface area (Å²) in [5.74, 6) is -0.565. The highest BCUT2D eigenvalue weighted by Gasteiger charge is 2.65. The summed E-state index contributed by atoms with van der Waals surface area (Å²) >= 11 is 0. The molecule has 1 aliphatic heterocycles. The maximum absolute atomic E-state index is 13.3. The summed E-state index contributed by atoms with van der Waals surface area (Å²) < 4.78 is 50.7. The topological polar surface area (TPSA) is 60.2 Å². The predicted octanol–water partition coefficient (Wildman–Crippen LogP) is 5.04. The second kappa shape index (κ2) is 5.82. The van der Waals surface area contributed by atoms with Gasteiger partial charge in [0.05, 0.1) is 12.7 Å². The Bertz CT molecular complexity index is 718. The number of hydrogen-bond donors (Lipinski definition) is 0. The predicted molar refractivity (Wildman–Crippen MR) is 88.2 cm³/mol. The van der Waals surface area contributed by atoms with E-state index in [9.17, 15) is 18.0 Å². The van der Waals surface area contributed by atoms with Crippen molar-refractivity contribution in [2.75, 3.05) is 7.11 Å². The van der Waals surface area contributed by atoms with Gasteiger partial charge >= 0.3 is 17.8 Å². The number of esters is 1. The van der Waals surface area contributed by atoms with Crippen LogP contribution in [-0.4, -0.2) is 27.6 Å². The highest BCUT2D eigenvalue weighted by Crippen LogP contribution is 2.53. The van der Waals surface area contributed by atoms with Gasteiger partial charge in [-0.25, -0.2) is 4.79 Å². The first-order valence-corrected chi connectivity index (χ1v) is 10.6. The van der Waals surface area contributed by atoms with Crippen LogP contribution in [0.15, 0.2) is 28.4 Å². The number of alkyl halides is 3.